The van der Waals surface area contributed by atoms with Crippen molar-refractivity contribution in [1.82, 2.24) is 5.32 Å². The Bertz CT molecular complexity index is 326. The molecule has 7 heteroatoms. The van der Waals surface area contributed by atoms with Gasteiger partial charge in [-0.3, -0.25) is 9.35 Å². The summed E-state index contributed by atoms with van der Waals surface area (Å²) in [5.41, 5.74) is 0. The zero-order chi connectivity index (χ0) is 12.3. The van der Waals surface area contributed by atoms with Crippen LogP contribution in [0, 0.1) is 0 Å². The first-order valence-corrected chi connectivity index (χ1v) is 5.10. The van der Waals surface area contributed by atoms with Crippen molar-refractivity contribution in [3.63, 3.8) is 0 Å². The lowest BCUT2D eigenvalue weighted by atomic mass is 10.3. The monoisotopic (exact) mass is 213 g/mol. The number of carbonyl (C=O) groups excluding carboxylic acids is 1. The van der Waals surface area contributed by atoms with Crippen LogP contribution in [-0.4, -0.2) is 42.3 Å². The van der Waals surface area contributed by atoms with Crippen LogP contribution in [0.4, 0.5) is 0 Å². The van der Waals surface area contributed by atoms with Crippen LogP contribution in [0.3, 0.4) is 0 Å². The Morgan fingerprint density at radius 3 is 2.62 bits per heavy atom. The maximum absolute atomic E-state index is 10.9. The highest BCUT2D eigenvalue weighted by atomic mass is 32.2. The zero-order valence-electron chi connectivity index (χ0n) is 9.02. The van der Waals surface area contributed by atoms with Gasteiger partial charge in [0.05, 0.1) is 5.75 Å². The molecule has 0 saturated carbocycles. The molecule has 6 nitrogen and oxygen atoms in total. The normalized spacial score (nSPS) is 17.2. The molecule has 0 aliphatic carbocycles. The summed E-state index contributed by atoms with van der Waals surface area (Å²) in [5.74, 6) is -1.75. The van der Waals surface area contributed by atoms with Gasteiger partial charge in [-0.1, -0.05) is 0 Å². The van der Waals surface area contributed by atoms with Crippen molar-refractivity contribution in [3.05, 3.63) is 0 Å². The van der Waals surface area contributed by atoms with Crippen LogP contribution in [0.5, 0.6) is 0 Å². The van der Waals surface area contributed by atoms with E-state index in [1.807, 2.05) is 0 Å². The van der Waals surface area contributed by atoms with Crippen LogP contribution in [-0.2, 0) is 14.9 Å². The van der Waals surface area contributed by atoms with E-state index in [2.05, 4.69) is 0 Å². The predicted molar refractivity (Wildman–Crippen MR) is 45.7 cm³/mol. The summed E-state index contributed by atoms with van der Waals surface area (Å²) >= 11 is 0. The number of nitrogens with one attached hydrogen (secondary N) is 1. The first-order valence-electron chi connectivity index (χ1n) is 4.49. The molecule has 78 valence electrons. The molecule has 0 saturated heterocycles. The molecule has 0 bridgehead atoms. The first kappa shape index (κ1) is 8.92. The van der Waals surface area contributed by atoms with E-state index in [0.29, 0.717) is 0 Å². The van der Waals surface area contributed by atoms with Crippen molar-refractivity contribution < 1.29 is 25.6 Å². The topological polar surface area (TPSA) is 104 Å². The van der Waals surface area contributed by atoms with E-state index < -0.39 is 40.8 Å². The van der Waals surface area contributed by atoms with E-state index in [9.17, 15) is 13.2 Å². The average molecular weight is 213 g/mol. The number of aliphatic hydroxyl groups excluding tert-OH is 1. The Morgan fingerprint density at radius 1 is 1.69 bits per heavy atom. The number of amides is 1. The van der Waals surface area contributed by atoms with E-state index >= 15 is 0 Å². The van der Waals surface area contributed by atoms with Gasteiger partial charge in [-0.15, -0.1) is 0 Å². The van der Waals surface area contributed by atoms with Crippen molar-refractivity contribution in [1.29, 1.82) is 0 Å². The van der Waals surface area contributed by atoms with E-state index in [1.165, 1.54) is 0 Å². The average Bonchev–Trinajstić information content (AvgIpc) is 1.99. The maximum Gasteiger partial charge on any atom is 0.264 e. The van der Waals surface area contributed by atoms with Gasteiger partial charge in [-0.2, -0.15) is 8.42 Å². The molecule has 0 spiro atoms. The Kier molecular flexibility index (Phi) is 3.53. The van der Waals surface area contributed by atoms with Crippen molar-refractivity contribution in [2.75, 3.05) is 12.2 Å². The lowest BCUT2D eigenvalue weighted by molar-refractivity contribution is -0.128. The van der Waals surface area contributed by atoms with Gasteiger partial charge in [0.15, 0.2) is 0 Å². The summed E-state index contributed by atoms with van der Waals surface area (Å²) in [6.07, 6.45) is -1.98. The summed E-state index contributed by atoms with van der Waals surface area (Å²) in [7, 11) is -4.27. The standard InChI is InChI=1S/C6H13NO5S/c1-5(8)6(9)7-3-2-4-13(10,11)12/h5,8H,2-4H2,1H3,(H,7,9)(H,10,11,12)/i3D2. The molecule has 0 heterocycles. The van der Waals surface area contributed by atoms with Crippen molar-refractivity contribution in [2.24, 2.45) is 0 Å². The number of hydrogen-bond acceptors (Lipinski definition) is 4. The maximum atomic E-state index is 10.9. The van der Waals surface area contributed by atoms with E-state index in [4.69, 9.17) is 12.4 Å². The second kappa shape index (κ2) is 5.15. The molecule has 3 N–H and O–H groups in total. The Balaban J connectivity index is 4.25. The van der Waals surface area contributed by atoms with Crippen molar-refractivity contribution in [2.45, 2.75) is 19.4 Å². The highest BCUT2D eigenvalue weighted by Crippen LogP contribution is 1.87. The fourth-order valence-corrected chi connectivity index (χ4v) is 0.794. The molecule has 1 unspecified atom stereocenters. The van der Waals surface area contributed by atoms with Gasteiger partial charge in [-0.25, -0.2) is 0 Å². The smallest absolute Gasteiger partial charge is 0.264 e. The fraction of sp³-hybridized carbons (Fsp3) is 0.833. The summed E-state index contributed by atoms with van der Waals surface area (Å²) in [5, 5.41) is 10.6. The number of carbonyl (C=O) groups is 1. The van der Waals surface area contributed by atoms with Crippen LogP contribution >= 0.6 is 0 Å². The Morgan fingerprint density at radius 2 is 2.23 bits per heavy atom. The minimum Gasteiger partial charge on any atom is -0.384 e. The van der Waals surface area contributed by atoms with Crippen LogP contribution < -0.4 is 5.32 Å². The van der Waals surface area contributed by atoms with Gasteiger partial charge in [0.25, 0.3) is 10.1 Å². The number of rotatable bonds is 5. The van der Waals surface area contributed by atoms with Crippen molar-refractivity contribution in [3.8, 4) is 0 Å². The SMILES string of the molecule is [2H]C([2H])(CCS(=O)(=O)O)NC(=O)C(C)O. The highest BCUT2D eigenvalue weighted by Gasteiger charge is 2.08. The third-order valence-electron chi connectivity index (χ3n) is 1.08. The van der Waals surface area contributed by atoms with Gasteiger partial charge in [0, 0.05) is 9.24 Å². The molecule has 0 rings (SSSR count). The molecule has 0 radical (unpaired) electrons. The van der Waals surface area contributed by atoms with Gasteiger partial charge in [-0.05, 0) is 13.3 Å². The largest absolute Gasteiger partial charge is 0.384 e. The number of hydrogen-bond donors (Lipinski definition) is 3. The molecule has 1 amide bonds. The van der Waals surface area contributed by atoms with Crippen LogP contribution in [0.2, 0.25) is 0 Å². The minimum absolute atomic E-state index is 0.593. The van der Waals surface area contributed by atoms with Gasteiger partial charge >= 0.3 is 0 Å². The Hall–Kier alpha value is -0.660. The van der Waals surface area contributed by atoms with Crippen LogP contribution in [0.15, 0.2) is 0 Å². The molecule has 0 aliphatic rings. The molecular formula is C6H13NO5S. The molecule has 13 heavy (non-hydrogen) atoms. The molecule has 1 atom stereocenters. The van der Waals surface area contributed by atoms with E-state index in [1.54, 1.807) is 5.32 Å². The summed E-state index contributed by atoms with van der Waals surface area (Å²) in [4.78, 5) is 10.9. The molecule has 0 aromatic heterocycles. The Labute approximate surface area is 79.5 Å². The molecule has 0 fully saturated rings. The second-order valence-corrected chi connectivity index (χ2v) is 3.95. The molecule has 0 aromatic carbocycles. The summed E-state index contributed by atoms with van der Waals surface area (Å²) in [6.45, 7) is -1.14. The summed E-state index contributed by atoms with van der Waals surface area (Å²) < 4.78 is 43.4. The van der Waals surface area contributed by atoms with Crippen molar-refractivity contribution >= 4 is 16.0 Å². The fourth-order valence-electron chi connectivity index (χ4n) is 0.434. The summed E-state index contributed by atoms with van der Waals surface area (Å²) in [6, 6.07) is 0. The minimum atomic E-state index is -4.27. The third-order valence-corrected chi connectivity index (χ3v) is 1.80. The highest BCUT2D eigenvalue weighted by molar-refractivity contribution is 7.85. The second-order valence-electron chi connectivity index (χ2n) is 2.38. The first-order chi connectivity index (χ1) is 6.53. The molecular weight excluding hydrogens is 198 g/mol. The predicted octanol–water partition coefficient (Wildman–Crippen LogP) is -1.24. The lowest BCUT2D eigenvalue weighted by Crippen LogP contribution is -2.33. The molecule has 0 aliphatic heterocycles. The third kappa shape index (κ3) is 7.69. The van der Waals surface area contributed by atoms with Crippen LogP contribution in [0.25, 0.3) is 0 Å². The van der Waals surface area contributed by atoms with Crippen LogP contribution in [0.1, 0.15) is 16.1 Å². The van der Waals surface area contributed by atoms with Gasteiger partial charge in [0.2, 0.25) is 5.91 Å². The lowest BCUT2D eigenvalue weighted by Gasteiger charge is -2.05. The van der Waals surface area contributed by atoms with Gasteiger partial charge in [0.1, 0.15) is 6.10 Å². The number of aliphatic hydroxyl groups is 1. The zero-order valence-corrected chi connectivity index (χ0v) is 7.84. The quantitative estimate of drug-likeness (QED) is 0.496. The molecule has 0 aromatic rings. The van der Waals surface area contributed by atoms with E-state index in [0.717, 1.165) is 6.92 Å². The van der Waals surface area contributed by atoms with E-state index in [-0.39, 0.29) is 0 Å². The van der Waals surface area contributed by atoms with Gasteiger partial charge < -0.3 is 10.4 Å².